The molecule has 0 aliphatic carbocycles. The van der Waals surface area contributed by atoms with E-state index in [2.05, 4.69) is 5.18 Å². The molecule has 0 aliphatic rings. The van der Waals surface area contributed by atoms with E-state index in [1.54, 1.807) is 0 Å². The van der Waals surface area contributed by atoms with E-state index in [9.17, 15) is 4.91 Å². The molecular weight excluding hydrogens is 186 g/mol. The second-order valence-corrected chi connectivity index (χ2v) is 4.14. The summed E-state index contributed by atoms with van der Waals surface area (Å²) < 4.78 is 0. The molecule has 3 heteroatoms. The van der Waals surface area contributed by atoms with Crippen LogP contribution in [0, 0.1) is 4.91 Å². The Balaban J connectivity index is 2.75. The summed E-state index contributed by atoms with van der Waals surface area (Å²) in [4.78, 5) is 10.4. The van der Waals surface area contributed by atoms with Crippen molar-refractivity contribution >= 4 is 11.6 Å². The van der Waals surface area contributed by atoms with Crippen LogP contribution in [0.4, 0.5) is 0 Å². The van der Waals surface area contributed by atoms with Crippen LogP contribution < -0.4 is 0 Å². The zero-order chi connectivity index (χ0) is 9.90. The van der Waals surface area contributed by atoms with Gasteiger partial charge in [-0.05, 0) is 31.5 Å². The summed E-state index contributed by atoms with van der Waals surface area (Å²) in [6.45, 7) is 3.63. The summed E-state index contributed by atoms with van der Waals surface area (Å²) in [5.74, 6) is 0. The molecule has 0 bridgehead atoms. The number of hydrogen-bond donors (Lipinski definition) is 0. The fraction of sp³-hybridized carbons (Fsp3) is 0.400. The second-order valence-electron chi connectivity index (χ2n) is 3.71. The summed E-state index contributed by atoms with van der Waals surface area (Å²) in [5, 5.41) is 3.76. The van der Waals surface area contributed by atoms with Gasteiger partial charge in [-0.3, -0.25) is 0 Å². The zero-order valence-corrected chi connectivity index (χ0v) is 8.51. The Hall–Kier alpha value is -0.890. The van der Waals surface area contributed by atoms with Crippen molar-refractivity contribution in [3.63, 3.8) is 0 Å². The quantitative estimate of drug-likeness (QED) is 0.683. The SMILES string of the molecule is CC(C)(Cc1ccc(Cl)cc1)N=O. The molecule has 0 spiro atoms. The van der Waals surface area contributed by atoms with E-state index in [1.807, 2.05) is 38.1 Å². The molecule has 0 atom stereocenters. The van der Waals surface area contributed by atoms with Crippen LogP contribution in [0.2, 0.25) is 5.02 Å². The van der Waals surface area contributed by atoms with Crippen molar-refractivity contribution in [2.24, 2.45) is 5.18 Å². The van der Waals surface area contributed by atoms with Crippen molar-refractivity contribution in [2.45, 2.75) is 25.8 Å². The van der Waals surface area contributed by atoms with Crippen LogP contribution in [0.25, 0.3) is 0 Å². The van der Waals surface area contributed by atoms with Crippen LogP contribution in [-0.2, 0) is 6.42 Å². The predicted octanol–water partition coefficient (Wildman–Crippen LogP) is 3.43. The Morgan fingerprint density at radius 2 is 1.85 bits per heavy atom. The lowest BCUT2D eigenvalue weighted by Gasteiger charge is -2.14. The maximum absolute atomic E-state index is 10.4. The minimum atomic E-state index is -0.534. The molecule has 0 N–H and O–H groups in total. The van der Waals surface area contributed by atoms with E-state index < -0.39 is 5.54 Å². The molecule has 13 heavy (non-hydrogen) atoms. The average molecular weight is 198 g/mol. The first-order chi connectivity index (χ1) is 6.03. The van der Waals surface area contributed by atoms with Crippen molar-refractivity contribution < 1.29 is 0 Å². The van der Waals surface area contributed by atoms with Gasteiger partial charge in [-0.2, -0.15) is 4.91 Å². The summed E-state index contributed by atoms with van der Waals surface area (Å²) in [6, 6.07) is 7.46. The van der Waals surface area contributed by atoms with Crippen molar-refractivity contribution in [1.29, 1.82) is 0 Å². The molecule has 1 aromatic rings. The molecular formula is C10H12ClNO. The number of rotatable bonds is 3. The van der Waals surface area contributed by atoms with Gasteiger partial charge in [0, 0.05) is 11.4 Å². The molecule has 0 radical (unpaired) electrons. The fourth-order valence-electron chi connectivity index (χ4n) is 1.13. The summed E-state index contributed by atoms with van der Waals surface area (Å²) >= 11 is 5.73. The van der Waals surface area contributed by atoms with Crippen LogP contribution in [-0.4, -0.2) is 5.54 Å². The van der Waals surface area contributed by atoms with E-state index >= 15 is 0 Å². The van der Waals surface area contributed by atoms with Gasteiger partial charge in [-0.15, -0.1) is 0 Å². The average Bonchev–Trinajstić information content (AvgIpc) is 2.09. The monoisotopic (exact) mass is 197 g/mol. The highest BCUT2D eigenvalue weighted by Gasteiger charge is 2.18. The van der Waals surface area contributed by atoms with Gasteiger partial charge in [0.25, 0.3) is 0 Å². The first-order valence-corrected chi connectivity index (χ1v) is 4.50. The van der Waals surface area contributed by atoms with Crippen LogP contribution in [0.5, 0.6) is 0 Å². The van der Waals surface area contributed by atoms with Gasteiger partial charge in [-0.1, -0.05) is 28.9 Å². The van der Waals surface area contributed by atoms with E-state index in [1.165, 1.54) is 0 Å². The first-order valence-electron chi connectivity index (χ1n) is 4.12. The Morgan fingerprint density at radius 3 is 2.31 bits per heavy atom. The topological polar surface area (TPSA) is 29.4 Å². The molecule has 0 amide bonds. The smallest absolute Gasteiger partial charge is 0.101 e. The van der Waals surface area contributed by atoms with Crippen LogP contribution in [0.3, 0.4) is 0 Å². The highest BCUT2D eigenvalue weighted by Crippen LogP contribution is 2.18. The minimum absolute atomic E-state index is 0.534. The Labute approximate surface area is 82.9 Å². The molecule has 0 aliphatic heterocycles. The van der Waals surface area contributed by atoms with Crippen LogP contribution in [0.15, 0.2) is 29.4 Å². The number of halogens is 1. The second kappa shape index (κ2) is 3.88. The van der Waals surface area contributed by atoms with E-state index in [4.69, 9.17) is 11.6 Å². The number of hydrogen-bond acceptors (Lipinski definition) is 2. The molecule has 0 heterocycles. The molecule has 0 saturated heterocycles. The number of nitrogens with zero attached hydrogens (tertiary/aromatic N) is 1. The lowest BCUT2D eigenvalue weighted by Crippen LogP contribution is -2.18. The van der Waals surface area contributed by atoms with Crippen molar-refractivity contribution in [1.82, 2.24) is 0 Å². The zero-order valence-electron chi connectivity index (χ0n) is 7.75. The van der Waals surface area contributed by atoms with Gasteiger partial charge < -0.3 is 0 Å². The van der Waals surface area contributed by atoms with Gasteiger partial charge >= 0.3 is 0 Å². The maximum atomic E-state index is 10.4. The van der Waals surface area contributed by atoms with Gasteiger partial charge in [0.05, 0.1) is 0 Å². The van der Waals surface area contributed by atoms with E-state index in [-0.39, 0.29) is 0 Å². The lowest BCUT2D eigenvalue weighted by molar-refractivity contribution is 0.515. The first kappa shape index (κ1) is 10.2. The van der Waals surface area contributed by atoms with Gasteiger partial charge in [0.2, 0.25) is 0 Å². The Kier molecular flexibility index (Phi) is 3.04. The molecule has 1 rings (SSSR count). The molecule has 70 valence electrons. The van der Waals surface area contributed by atoms with E-state index in [0.29, 0.717) is 11.4 Å². The highest BCUT2D eigenvalue weighted by molar-refractivity contribution is 6.30. The maximum Gasteiger partial charge on any atom is 0.101 e. The van der Waals surface area contributed by atoms with Gasteiger partial charge in [0.1, 0.15) is 5.54 Å². The van der Waals surface area contributed by atoms with Crippen LogP contribution in [0.1, 0.15) is 19.4 Å². The Morgan fingerprint density at radius 1 is 1.31 bits per heavy atom. The largest absolute Gasteiger partial charge is 0.150 e. The molecule has 2 nitrogen and oxygen atoms in total. The van der Waals surface area contributed by atoms with Gasteiger partial charge in [-0.25, -0.2) is 0 Å². The van der Waals surface area contributed by atoms with Crippen LogP contribution >= 0.6 is 11.6 Å². The molecule has 0 aromatic heterocycles. The van der Waals surface area contributed by atoms with Crippen molar-refractivity contribution in [3.8, 4) is 0 Å². The molecule has 0 unspecified atom stereocenters. The van der Waals surface area contributed by atoms with E-state index in [0.717, 1.165) is 5.56 Å². The fourth-order valence-corrected chi connectivity index (χ4v) is 1.26. The third kappa shape index (κ3) is 3.15. The minimum Gasteiger partial charge on any atom is -0.150 e. The number of nitroso groups, excluding NO2 is 1. The molecule has 1 aromatic carbocycles. The predicted molar refractivity (Wildman–Crippen MR) is 55.0 cm³/mol. The molecule has 0 saturated carbocycles. The summed E-state index contributed by atoms with van der Waals surface area (Å²) in [5.41, 5.74) is 0.544. The Bertz CT molecular complexity index is 292. The normalized spacial score (nSPS) is 11.3. The summed E-state index contributed by atoms with van der Waals surface area (Å²) in [6.07, 6.45) is 0.646. The summed E-state index contributed by atoms with van der Waals surface area (Å²) in [7, 11) is 0. The number of benzene rings is 1. The lowest BCUT2D eigenvalue weighted by atomic mass is 9.96. The third-order valence-electron chi connectivity index (χ3n) is 1.80. The van der Waals surface area contributed by atoms with Gasteiger partial charge in [0.15, 0.2) is 0 Å². The molecule has 0 fully saturated rings. The van der Waals surface area contributed by atoms with Crippen molar-refractivity contribution in [3.05, 3.63) is 39.8 Å². The standard InChI is InChI=1S/C10H12ClNO/c1-10(2,12-13)7-8-3-5-9(11)6-4-8/h3-6H,7H2,1-2H3. The third-order valence-corrected chi connectivity index (χ3v) is 2.05. The highest BCUT2D eigenvalue weighted by atomic mass is 35.5. The van der Waals surface area contributed by atoms with Crippen molar-refractivity contribution in [2.75, 3.05) is 0 Å².